The number of hydrogen-bond acceptors (Lipinski definition) is 3. The van der Waals surface area contributed by atoms with Gasteiger partial charge in [-0.2, -0.15) is 0 Å². The first kappa shape index (κ1) is 14.7. The third-order valence-electron chi connectivity index (χ3n) is 3.08. The summed E-state index contributed by atoms with van der Waals surface area (Å²) in [6, 6.07) is 6.10. The van der Waals surface area contributed by atoms with Crippen molar-refractivity contribution in [1.29, 1.82) is 0 Å². The molecule has 0 saturated carbocycles. The second kappa shape index (κ2) is 6.19. The molecule has 0 radical (unpaired) electrons. The lowest BCUT2D eigenvalue weighted by Crippen LogP contribution is -2.35. The average molecular weight is 294 g/mol. The Kier molecular flexibility index (Phi) is 4.57. The molecule has 1 aromatic carbocycles. The van der Waals surface area contributed by atoms with Crippen LogP contribution in [0.4, 0.5) is 5.69 Å². The number of anilines is 1. The molecule has 0 aromatic heterocycles. The van der Waals surface area contributed by atoms with Crippen molar-refractivity contribution in [3.63, 3.8) is 0 Å². The Balaban J connectivity index is 2.08. The Hall–Kier alpha value is -1.66. The maximum Gasteiger partial charge on any atom is 0.240 e. The fourth-order valence-corrected chi connectivity index (χ4v) is 3.39. The number of sulfonamides is 1. The zero-order valence-electron chi connectivity index (χ0n) is 11.3. The predicted molar refractivity (Wildman–Crippen MR) is 77.8 cm³/mol. The smallest absolute Gasteiger partial charge is 0.240 e. The highest BCUT2D eigenvalue weighted by molar-refractivity contribution is 7.89. The van der Waals surface area contributed by atoms with Gasteiger partial charge in [-0.1, -0.05) is 12.2 Å². The molecule has 0 heterocycles. The van der Waals surface area contributed by atoms with Crippen LogP contribution in [-0.2, 0) is 14.8 Å². The van der Waals surface area contributed by atoms with Crippen molar-refractivity contribution >= 4 is 21.6 Å². The highest BCUT2D eigenvalue weighted by Gasteiger charge is 2.20. The predicted octanol–water partition coefficient (Wildman–Crippen LogP) is 2.03. The van der Waals surface area contributed by atoms with Crippen LogP contribution in [0.2, 0.25) is 0 Å². The highest BCUT2D eigenvalue weighted by atomic mass is 32.2. The quantitative estimate of drug-likeness (QED) is 0.834. The van der Waals surface area contributed by atoms with E-state index in [-0.39, 0.29) is 16.8 Å². The van der Waals surface area contributed by atoms with Crippen molar-refractivity contribution in [3.8, 4) is 0 Å². The van der Waals surface area contributed by atoms with E-state index in [0.717, 1.165) is 19.3 Å². The van der Waals surface area contributed by atoms with Gasteiger partial charge in [-0.05, 0) is 43.5 Å². The molecule has 0 fully saturated rings. The van der Waals surface area contributed by atoms with E-state index < -0.39 is 10.0 Å². The second-order valence-electron chi connectivity index (χ2n) is 4.81. The number of nitrogens with one attached hydrogen (secondary N) is 2. The van der Waals surface area contributed by atoms with Crippen LogP contribution in [0.15, 0.2) is 41.3 Å². The summed E-state index contributed by atoms with van der Waals surface area (Å²) >= 11 is 0. The first-order chi connectivity index (χ1) is 9.47. The third-order valence-corrected chi connectivity index (χ3v) is 4.61. The van der Waals surface area contributed by atoms with E-state index in [9.17, 15) is 13.2 Å². The fraction of sp³-hybridized carbons (Fsp3) is 0.357. The van der Waals surface area contributed by atoms with E-state index in [2.05, 4.69) is 16.1 Å². The lowest BCUT2D eigenvalue weighted by molar-refractivity contribution is -0.114. The molecule has 108 valence electrons. The molecule has 1 aliphatic rings. The van der Waals surface area contributed by atoms with Crippen molar-refractivity contribution in [3.05, 3.63) is 36.4 Å². The topological polar surface area (TPSA) is 75.3 Å². The van der Waals surface area contributed by atoms with Crippen LogP contribution in [0.3, 0.4) is 0 Å². The number of amides is 1. The van der Waals surface area contributed by atoms with Crippen LogP contribution in [-0.4, -0.2) is 20.4 Å². The van der Waals surface area contributed by atoms with Crippen molar-refractivity contribution in [2.75, 3.05) is 5.32 Å². The third kappa shape index (κ3) is 3.91. The first-order valence-electron chi connectivity index (χ1n) is 6.52. The van der Waals surface area contributed by atoms with Gasteiger partial charge >= 0.3 is 0 Å². The van der Waals surface area contributed by atoms with Crippen LogP contribution >= 0.6 is 0 Å². The minimum atomic E-state index is -3.50. The number of allylic oxidation sites excluding steroid dienone is 1. The second-order valence-corrected chi connectivity index (χ2v) is 6.52. The lowest BCUT2D eigenvalue weighted by atomic mass is 10.0. The SMILES string of the molecule is CC(=O)Nc1ccc(S(=O)(=O)N[C@H]2CC=CCC2)cc1. The number of carbonyl (C=O) groups excluding carboxylic acids is 1. The van der Waals surface area contributed by atoms with Crippen LogP contribution in [0.5, 0.6) is 0 Å². The molecule has 0 spiro atoms. The number of benzene rings is 1. The van der Waals surface area contributed by atoms with Crippen LogP contribution in [0.1, 0.15) is 26.2 Å². The molecular weight excluding hydrogens is 276 g/mol. The maximum absolute atomic E-state index is 12.2. The molecule has 1 atom stereocenters. The van der Waals surface area contributed by atoms with Gasteiger partial charge in [-0.15, -0.1) is 0 Å². The molecule has 5 nitrogen and oxygen atoms in total. The van der Waals surface area contributed by atoms with Gasteiger partial charge in [0.15, 0.2) is 0 Å². The van der Waals surface area contributed by atoms with Gasteiger partial charge < -0.3 is 5.32 Å². The molecule has 0 unspecified atom stereocenters. The summed E-state index contributed by atoms with van der Waals surface area (Å²) < 4.78 is 27.1. The summed E-state index contributed by atoms with van der Waals surface area (Å²) in [5.41, 5.74) is 0.581. The summed E-state index contributed by atoms with van der Waals surface area (Å²) in [6.45, 7) is 1.41. The zero-order chi connectivity index (χ0) is 14.6. The van der Waals surface area contributed by atoms with E-state index in [4.69, 9.17) is 0 Å². The maximum atomic E-state index is 12.2. The van der Waals surface area contributed by atoms with E-state index in [1.807, 2.05) is 6.08 Å². The Labute approximate surface area is 119 Å². The molecule has 0 saturated heterocycles. The fourth-order valence-electron chi connectivity index (χ4n) is 2.11. The van der Waals surface area contributed by atoms with Crippen molar-refractivity contribution in [1.82, 2.24) is 4.72 Å². The average Bonchev–Trinajstić information content (AvgIpc) is 2.39. The monoisotopic (exact) mass is 294 g/mol. The Morgan fingerprint density at radius 1 is 1.20 bits per heavy atom. The standard InChI is InChI=1S/C14H18N2O3S/c1-11(17)15-12-7-9-14(10-8-12)20(18,19)16-13-5-3-2-4-6-13/h2-3,7-10,13,16H,4-6H2,1H3,(H,15,17)/t13-/m0/s1. The molecule has 6 heteroatoms. The Bertz CT molecular complexity index is 606. The van der Waals surface area contributed by atoms with Gasteiger partial charge in [0.25, 0.3) is 0 Å². The Morgan fingerprint density at radius 3 is 2.45 bits per heavy atom. The number of carbonyl (C=O) groups is 1. The summed E-state index contributed by atoms with van der Waals surface area (Å²) in [5, 5.41) is 2.60. The molecule has 2 N–H and O–H groups in total. The van der Waals surface area contributed by atoms with E-state index in [0.29, 0.717) is 5.69 Å². The first-order valence-corrected chi connectivity index (χ1v) is 8.01. The molecule has 2 rings (SSSR count). The normalized spacial score (nSPS) is 18.8. The Morgan fingerprint density at radius 2 is 1.90 bits per heavy atom. The summed E-state index contributed by atoms with van der Waals surface area (Å²) in [5.74, 6) is -0.187. The molecule has 1 aliphatic carbocycles. The molecule has 0 bridgehead atoms. The summed E-state index contributed by atoms with van der Waals surface area (Å²) in [4.78, 5) is 11.1. The van der Waals surface area contributed by atoms with Gasteiger partial charge in [0.05, 0.1) is 4.90 Å². The van der Waals surface area contributed by atoms with Crippen LogP contribution in [0, 0.1) is 0 Å². The van der Waals surface area contributed by atoms with E-state index >= 15 is 0 Å². The minimum Gasteiger partial charge on any atom is -0.326 e. The summed E-state index contributed by atoms with van der Waals surface area (Å²) in [6.07, 6.45) is 6.50. The van der Waals surface area contributed by atoms with Crippen LogP contribution in [0.25, 0.3) is 0 Å². The van der Waals surface area contributed by atoms with Crippen molar-refractivity contribution in [2.24, 2.45) is 0 Å². The largest absolute Gasteiger partial charge is 0.326 e. The highest BCUT2D eigenvalue weighted by Crippen LogP contribution is 2.17. The van der Waals surface area contributed by atoms with Crippen molar-refractivity contribution < 1.29 is 13.2 Å². The van der Waals surface area contributed by atoms with E-state index in [1.165, 1.54) is 19.1 Å². The van der Waals surface area contributed by atoms with Gasteiger partial charge in [0.2, 0.25) is 15.9 Å². The van der Waals surface area contributed by atoms with E-state index in [1.54, 1.807) is 12.1 Å². The molecule has 0 aliphatic heterocycles. The lowest BCUT2D eigenvalue weighted by Gasteiger charge is -2.19. The van der Waals surface area contributed by atoms with Gasteiger partial charge in [0.1, 0.15) is 0 Å². The molecule has 1 aromatic rings. The molecule has 1 amide bonds. The molecule has 20 heavy (non-hydrogen) atoms. The van der Waals surface area contributed by atoms with Gasteiger partial charge in [-0.25, -0.2) is 13.1 Å². The van der Waals surface area contributed by atoms with Crippen molar-refractivity contribution in [2.45, 2.75) is 37.1 Å². The van der Waals surface area contributed by atoms with Crippen LogP contribution < -0.4 is 10.0 Å². The van der Waals surface area contributed by atoms with Gasteiger partial charge in [0, 0.05) is 18.7 Å². The van der Waals surface area contributed by atoms with Gasteiger partial charge in [-0.3, -0.25) is 4.79 Å². The minimum absolute atomic E-state index is 0.0416. The zero-order valence-corrected chi connectivity index (χ0v) is 12.1. The number of rotatable bonds is 4. The summed E-state index contributed by atoms with van der Waals surface area (Å²) in [7, 11) is -3.50. The molecular formula is C14H18N2O3S. The number of hydrogen-bond donors (Lipinski definition) is 2.